The second-order valence-corrected chi connectivity index (χ2v) is 5.29. The first-order chi connectivity index (χ1) is 7.20. The van der Waals surface area contributed by atoms with Crippen molar-refractivity contribution in [1.82, 2.24) is 10.2 Å². The second-order valence-electron chi connectivity index (χ2n) is 5.29. The molecule has 0 spiro atoms. The van der Waals surface area contributed by atoms with Crippen LogP contribution in [0.3, 0.4) is 0 Å². The predicted octanol–water partition coefficient (Wildman–Crippen LogP) is 0.972. The lowest BCUT2D eigenvalue weighted by molar-refractivity contribution is 0.247. The molecule has 3 heteroatoms. The molecular formula is C12H24N2O. The van der Waals surface area contributed by atoms with Gasteiger partial charge in [0, 0.05) is 37.3 Å². The summed E-state index contributed by atoms with van der Waals surface area (Å²) in [5.41, 5.74) is 0. The first-order valence-corrected chi connectivity index (χ1v) is 6.33. The van der Waals surface area contributed by atoms with E-state index in [1.165, 1.54) is 25.8 Å². The van der Waals surface area contributed by atoms with Crippen molar-refractivity contribution < 1.29 is 5.11 Å². The summed E-state index contributed by atoms with van der Waals surface area (Å²) in [4.78, 5) is 2.66. The fourth-order valence-electron chi connectivity index (χ4n) is 2.77. The van der Waals surface area contributed by atoms with Crippen LogP contribution in [-0.4, -0.2) is 47.3 Å². The Bertz CT molecular complexity index is 206. The van der Waals surface area contributed by atoms with Crippen molar-refractivity contribution in [3.63, 3.8) is 0 Å². The quantitative estimate of drug-likeness (QED) is 0.713. The molecule has 3 atom stereocenters. The molecule has 1 saturated heterocycles. The molecule has 1 aliphatic carbocycles. The predicted molar refractivity (Wildman–Crippen MR) is 61.9 cm³/mol. The Labute approximate surface area is 92.8 Å². The number of nitrogens with zero attached hydrogens (tertiary/aromatic N) is 1. The lowest BCUT2D eigenvalue weighted by Crippen LogP contribution is -2.39. The average Bonchev–Trinajstić information content (AvgIpc) is 2.93. The first-order valence-electron chi connectivity index (χ1n) is 6.33. The molecule has 2 aliphatic rings. The molecule has 0 amide bonds. The molecule has 1 saturated carbocycles. The third-order valence-corrected chi connectivity index (χ3v) is 3.72. The van der Waals surface area contributed by atoms with Crippen LogP contribution in [0.1, 0.15) is 39.5 Å². The normalized spacial score (nSPS) is 34.6. The molecule has 2 fully saturated rings. The van der Waals surface area contributed by atoms with Crippen LogP contribution in [0.5, 0.6) is 0 Å². The maximum Gasteiger partial charge on any atom is 0.0445 e. The van der Waals surface area contributed by atoms with Gasteiger partial charge in [0.25, 0.3) is 0 Å². The van der Waals surface area contributed by atoms with Gasteiger partial charge in [0.05, 0.1) is 0 Å². The number of rotatable bonds is 5. The third-order valence-electron chi connectivity index (χ3n) is 3.72. The van der Waals surface area contributed by atoms with E-state index in [9.17, 15) is 0 Å². The van der Waals surface area contributed by atoms with Gasteiger partial charge in [0.2, 0.25) is 0 Å². The maximum absolute atomic E-state index is 8.86. The Morgan fingerprint density at radius 3 is 2.80 bits per heavy atom. The average molecular weight is 212 g/mol. The molecule has 3 nitrogen and oxygen atoms in total. The molecule has 0 radical (unpaired) electrons. The van der Waals surface area contributed by atoms with E-state index < -0.39 is 0 Å². The SMILES string of the molecule is CC1CC(N[C@H](C)CCO)CN1C1CC1. The van der Waals surface area contributed by atoms with E-state index in [0.29, 0.717) is 18.7 Å². The van der Waals surface area contributed by atoms with Crippen molar-refractivity contribution in [3.8, 4) is 0 Å². The Kier molecular flexibility index (Phi) is 3.65. The standard InChI is InChI=1S/C12H24N2O/c1-9(5-6-15)13-11-7-10(2)14(8-11)12-3-4-12/h9-13,15H,3-8H2,1-2H3/t9-,10?,11?/m1/s1. The number of aliphatic hydroxyl groups is 1. The van der Waals surface area contributed by atoms with Crippen LogP contribution in [0.4, 0.5) is 0 Å². The number of hydrogen-bond donors (Lipinski definition) is 2. The van der Waals surface area contributed by atoms with Gasteiger partial charge >= 0.3 is 0 Å². The van der Waals surface area contributed by atoms with Crippen LogP contribution in [0, 0.1) is 0 Å². The molecule has 1 heterocycles. The summed E-state index contributed by atoms with van der Waals surface area (Å²) in [5, 5.41) is 12.5. The summed E-state index contributed by atoms with van der Waals surface area (Å²) < 4.78 is 0. The zero-order valence-corrected chi connectivity index (χ0v) is 9.95. The smallest absolute Gasteiger partial charge is 0.0445 e. The summed E-state index contributed by atoms with van der Waals surface area (Å²) in [7, 11) is 0. The van der Waals surface area contributed by atoms with Crippen LogP contribution >= 0.6 is 0 Å². The minimum Gasteiger partial charge on any atom is -0.396 e. The number of hydrogen-bond acceptors (Lipinski definition) is 3. The molecule has 2 unspecified atom stereocenters. The third kappa shape index (κ3) is 2.92. The zero-order chi connectivity index (χ0) is 10.8. The van der Waals surface area contributed by atoms with Gasteiger partial charge in [-0.3, -0.25) is 4.90 Å². The minimum absolute atomic E-state index is 0.294. The van der Waals surface area contributed by atoms with Crippen molar-refractivity contribution in [3.05, 3.63) is 0 Å². The summed E-state index contributed by atoms with van der Waals surface area (Å²) in [6.07, 6.45) is 4.95. The van der Waals surface area contributed by atoms with E-state index in [0.717, 1.165) is 18.5 Å². The van der Waals surface area contributed by atoms with Crippen molar-refractivity contribution in [2.24, 2.45) is 0 Å². The van der Waals surface area contributed by atoms with E-state index in [1.54, 1.807) is 0 Å². The second kappa shape index (κ2) is 4.81. The highest BCUT2D eigenvalue weighted by Gasteiger charge is 2.38. The Balaban J connectivity index is 1.75. The molecule has 0 aromatic heterocycles. The zero-order valence-electron chi connectivity index (χ0n) is 9.95. The van der Waals surface area contributed by atoms with Gasteiger partial charge in [0.15, 0.2) is 0 Å². The Morgan fingerprint density at radius 2 is 2.20 bits per heavy atom. The lowest BCUT2D eigenvalue weighted by atomic mass is 10.1. The maximum atomic E-state index is 8.86. The highest BCUT2D eigenvalue weighted by atomic mass is 16.3. The van der Waals surface area contributed by atoms with E-state index in [4.69, 9.17) is 5.11 Å². The number of aliphatic hydroxyl groups excluding tert-OH is 1. The molecule has 0 bridgehead atoms. The molecule has 2 rings (SSSR count). The van der Waals surface area contributed by atoms with Gasteiger partial charge in [-0.25, -0.2) is 0 Å². The molecule has 2 N–H and O–H groups in total. The van der Waals surface area contributed by atoms with Gasteiger partial charge < -0.3 is 10.4 Å². The lowest BCUT2D eigenvalue weighted by Gasteiger charge is -2.21. The van der Waals surface area contributed by atoms with Crippen molar-refractivity contribution in [1.29, 1.82) is 0 Å². The van der Waals surface area contributed by atoms with Gasteiger partial charge in [-0.15, -0.1) is 0 Å². The fourth-order valence-corrected chi connectivity index (χ4v) is 2.77. The number of nitrogens with one attached hydrogen (secondary N) is 1. The van der Waals surface area contributed by atoms with Crippen LogP contribution in [0.25, 0.3) is 0 Å². The van der Waals surface area contributed by atoms with Crippen molar-refractivity contribution in [2.75, 3.05) is 13.2 Å². The molecule has 0 aromatic rings. The molecule has 15 heavy (non-hydrogen) atoms. The fraction of sp³-hybridized carbons (Fsp3) is 1.00. The van der Waals surface area contributed by atoms with Crippen molar-refractivity contribution in [2.45, 2.75) is 63.7 Å². The number of likely N-dealkylation sites (tertiary alicyclic amines) is 1. The van der Waals surface area contributed by atoms with Crippen LogP contribution < -0.4 is 5.32 Å². The van der Waals surface area contributed by atoms with Gasteiger partial charge in [-0.05, 0) is 39.5 Å². The van der Waals surface area contributed by atoms with E-state index in [2.05, 4.69) is 24.1 Å². The summed E-state index contributed by atoms with van der Waals surface area (Å²) in [5.74, 6) is 0. The van der Waals surface area contributed by atoms with E-state index in [-0.39, 0.29) is 0 Å². The first kappa shape index (κ1) is 11.4. The molecule has 88 valence electrons. The summed E-state index contributed by atoms with van der Waals surface area (Å²) >= 11 is 0. The van der Waals surface area contributed by atoms with Gasteiger partial charge in [0.1, 0.15) is 0 Å². The monoisotopic (exact) mass is 212 g/mol. The van der Waals surface area contributed by atoms with Gasteiger partial charge in [-0.2, -0.15) is 0 Å². The molecular weight excluding hydrogens is 188 g/mol. The largest absolute Gasteiger partial charge is 0.396 e. The van der Waals surface area contributed by atoms with Crippen LogP contribution in [0.15, 0.2) is 0 Å². The van der Waals surface area contributed by atoms with Crippen LogP contribution in [0.2, 0.25) is 0 Å². The van der Waals surface area contributed by atoms with E-state index >= 15 is 0 Å². The van der Waals surface area contributed by atoms with Crippen molar-refractivity contribution >= 4 is 0 Å². The Hall–Kier alpha value is -0.120. The Morgan fingerprint density at radius 1 is 1.47 bits per heavy atom. The summed E-state index contributed by atoms with van der Waals surface area (Å²) in [6, 6.07) is 2.73. The highest BCUT2D eigenvalue weighted by molar-refractivity contribution is 4.96. The topological polar surface area (TPSA) is 35.5 Å². The molecule has 0 aromatic carbocycles. The van der Waals surface area contributed by atoms with Crippen LogP contribution in [-0.2, 0) is 0 Å². The van der Waals surface area contributed by atoms with E-state index in [1.807, 2.05) is 0 Å². The highest BCUT2D eigenvalue weighted by Crippen LogP contribution is 2.33. The summed E-state index contributed by atoms with van der Waals surface area (Å²) in [6.45, 7) is 6.02. The minimum atomic E-state index is 0.294. The molecule has 1 aliphatic heterocycles. The van der Waals surface area contributed by atoms with Gasteiger partial charge in [-0.1, -0.05) is 0 Å².